The summed E-state index contributed by atoms with van der Waals surface area (Å²) in [5, 5.41) is -0.422. The monoisotopic (exact) mass is 687 g/mol. The third-order valence-electron chi connectivity index (χ3n) is 7.43. The Bertz CT molecular complexity index is 1350. The van der Waals surface area contributed by atoms with E-state index in [-0.39, 0.29) is 38.5 Å². The van der Waals surface area contributed by atoms with Gasteiger partial charge in [-0.2, -0.15) is 14.3 Å². The van der Waals surface area contributed by atoms with E-state index in [2.05, 4.69) is 28.8 Å². The Kier molecular flexibility index (Phi) is 14.5. The van der Waals surface area contributed by atoms with Crippen LogP contribution in [0.1, 0.15) is 103 Å². The molecule has 45 heavy (non-hydrogen) atoms. The standard InChI is InChI=1S/C30H43Cl2N5O7S/c1-5-7-9-11-13-15-17-36(18-16-14-12-10-8-6-2)45(40,41)21-19-22(31)24(23(32)20-21)37-27(38)25(44-30(37)39)26-33-28(42-3)35-29(34-26)43-4/h19-20,25H,5-18H2,1-4H3. The van der Waals surface area contributed by atoms with Gasteiger partial charge in [0.2, 0.25) is 16.1 Å². The molecule has 2 amide bonds. The molecule has 2 heterocycles. The third-order valence-corrected chi connectivity index (χ3v) is 9.88. The van der Waals surface area contributed by atoms with E-state index in [1.165, 1.54) is 30.7 Å². The van der Waals surface area contributed by atoms with Crippen LogP contribution in [0.3, 0.4) is 0 Å². The van der Waals surface area contributed by atoms with Crippen molar-refractivity contribution < 1.29 is 32.2 Å². The maximum absolute atomic E-state index is 13.9. The van der Waals surface area contributed by atoms with Gasteiger partial charge >= 0.3 is 18.1 Å². The zero-order chi connectivity index (χ0) is 33.0. The van der Waals surface area contributed by atoms with E-state index in [4.69, 9.17) is 37.4 Å². The first-order valence-corrected chi connectivity index (χ1v) is 17.7. The minimum absolute atomic E-state index is 0.123. The summed E-state index contributed by atoms with van der Waals surface area (Å²) in [6.45, 7) is 5.05. The SMILES string of the molecule is CCCCCCCCN(CCCCCCCC)S(=O)(=O)c1cc(Cl)c(N2C(=O)OC(c3nc(OC)nc(OC)n3)C2=O)c(Cl)c1. The Balaban J connectivity index is 1.84. The van der Waals surface area contributed by atoms with Crippen LogP contribution in [0.5, 0.6) is 12.0 Å². The normalized spacial score (nSPS) is 15.2. The second-order valence-corrected chi connectivity index (χ2v) is 13.5. The largest absolute Gasteiger partial charge is 0.467 e. The van der Waals surface area contributed by atoms with E-state index in [1.54, 1.807) is 0 Å². The summed E-state index contributed by atoms with van der Waals surface area (Å²) in [6.07, 6.45) is 9.64. The number of cyclic esters (lactones) is 1. The van der Waals surface area contributed by atoms with Gasteiger partial charge in [0.25, 0.3) is 5.91 Å². The molecule has 0 radical (unpaired) electrons. The number of carbonyl (C=O) groups is 2. The lowest BCUT2D eigenvalue weighted by Crippen LogP contribution is -2.33. The predicted molar refractivity (Wildman–Crippen MR) is 172 cm³/mol. The lowest BCUT2D eigenvalue weighted by molar-refractivity contribution is -0.122. The van der Waals surface area contributed by atoms with Gasteiger partial charge in [0.15, 0.2) is 5.82 Å². The van der Waals surface area contributed by atoms with Crippen molar-refractivity contribution in [3.63, 3.8) is 0 Å². The minimum atomic E-state index is -3.99. The second kappa shape index (κ2) is 17.8. The number of methoxy groups -OCH3 is 2. The average Bonchev–Trinajstić information content (AvgIpc) is 3.31. The van der Waals surface area contributed by atoms with Crippen LogP contribution < -0.4 is 14.4 Å². The van der Waals surface area contributed by atoms with E-state index in [1.807, 2.05) is 0 Å². The molecule has 1 aromatic carbocycles. The number of carbonyl (C=O) groups excluding carboxylic acids is 2. The van der Waals surface area contributed by atoms with Crippen LogP contribution in [0.4, 0.5) is 10.5 Å². The number of hydrogen-bond acceptors (Lipinski definition) is 10. The molecule has 0 aliphatic carbocycles. The summed E-state index contributed by atoms with van der Waals surface area (Å²) in [5.74, 6) is -1.12. The van der Waals surface area contributed by atoms with Crippen molar-refractivity contribution in [3.05, 3.63) is 28.0 Å². The van der Waals surface area contributed by atoms with Crippen molar-refractivity contribution in [2.24, 2.45) is 0 Å². The molecule has 1 atom stereocenters. The van der Waals surface area contributed by atoms with Gasteiger partial charge in [-0.05, 0) is 25.0 Å². The highest BCUT2D eigenvalue weighted by Crippen LogP contribution is 2.41. The van der Waals surface area contributed by atoms with Crippen LogP contribution in [-0.2, 0) is 19.6 Å². The number of imide groups is 1. The van der Waals surface area contributed by atoms with Crippen LogP contribution >= 0.6 is 23.2 Å². The molecular weight excluding hydrogens is 645 g/mol. The van der Waals surface area contributed by atoms with Gasteiger partial charge in [0.1, 0.15) is 0 Å². The molecule has 1 aliphatic heterocycles. The number of hydrogen-bond donors (Lipinski definition) is 0. The van der Waals surface area contributed by atoms with Gasteiger partial charge in [-0.1, -0.05) is 101 Å². The molecule has 0 bridgehead atoms. The molecule has 0 spiro atoms. The Labute approximate surface area is 275 Å². The zero-order valence-electron chi connectivity index (χ0n) is 26.4. The molecule has 0 N–H and O–H groups in total. The van der Waals surface area contributed by atoms with E-state index in [9.17, 15) is 18.0 Å². The molecule has 1 aliphatic rings. The average molecular weight is 689 g/mol. The topological polar surface area (TPSA) is 141 Å². The highest BCUT2D eigenvalue weighted by Gasteiger charge is 2.46. The number of sulfonamides is 1. The molecule has 1 unspecified atom stereocenters. The number of rotatable bonds is 20. The first kappa shape index (κ1) is 36.7. The summed E-state index contributed by atoms with van der Waals surface area (Å²) in [5.41, 5.74) is -0.207. The Morgan fingerprint density at radius 3 is 1.73 bits per heavy atom. The fourth-order valence-electron chi connectivity index (χ4n) is 4.97. The number of nitrogens with zero attached hydrogens (tertiary/aromatic N) is 5. The Hall–Kier alpha value is -2.74. The molecule has 250 valence electrons. The van der Waals surface area contributed by atoms with Crippen molar-refractivity contribution in [1.82, 2.24) is 19.3 Å². The van der Waals surface area contributed by atoms with Gasteiger partial charge in [0, 0.05) is 13.1 Å². The second-order valence-electron chi connectivity index (χ2n) is 10.8. The number of aromatic nitrogens is 3. The molecule has 12 nitrogen and oxygen atoms in total. The highest BCUT2D eigenvalue weighted by molar-refractivity contribution is 7.89. The molecule has 15 heteroatoms. The van der Waals surface area contributed by atoms with Crippen molar-refractivity contribution in [2.45, 2.75) is 102 Å². The number of amides is 2. The summed E-state index contributed by atoms with van der Waals surface area (Å²) in [4.78, 5) is 38.7. The van der Waals surface area contributed by atoms with Gasteiger partial charge in [-0.3, -0.25) is 4.79 Å². The number of unbranched alkanes of at least 4 members (excludes halogenated alkanes) is 10. The molecule has 1 fully saturated rings. The van der Waals surface area contributed by atoms with Gasteiger partial charge in [-0.15, -0.1) is 4.98 Å². The summed E-state index contributed by atoms with van der Waals surface area (Å²) < 4.78 is 44.5. The molecular formula is C30H43Cl2N5O7S. The van der Waals surface area contributed by atoms with Gasteiger partial charge in [-0.25, -0.2) is 18.1 Å². The summed E-state index contributed by atoms with van der Waals surface area (Å²) >= 11 is 13.1. The van der Waals surface area contributed by atoms with E-state index < -0.39 is 28.1 Å². The fourth-order valence-corrected chi connectivity index (χ4v) is 7.33. The third kappa shape index (κ3) is 9.63. The minimum Gasteiger partial charge on any atom is -0.467 e. The van der Waals surface area contributed by atoms with Gasteiger partial charge in [0.05, 0.1) is 34.8 Å². The smallest absolute Gasteiger partial charge is 0.422 e. The lowest BCUT2D eigenvalue weighted by atomic mass is 10.1. The number of halogens is 2. The van der Waals surface area contributed by atoms with Crippen LogP contribution in [0.25, 0.3) is 0 Å². The summed E-state index contributed by atoms with van der Waals surface area (Å²) in [7, 11) is -1.37. The maximum Gasteiger partial charge on any atom is 0.422 e. The number of ether oxygens (including phenoxy) is 3. The van der Waals surface area contributed by atoms with Crippen molar-refractivity contribution in [3.8, 4) is 12.0 Å². The van der Waals surface area contributed by atoms with Gasteiger partial charge < -0.3 is 14.2 Å². The number of benzene rings is 1. The molecule has 0 saturated carbocycles. The van der Waals surface area contributed by atoms with Crippen LogP contribution in [0.2, 0.25) is 10.0 Å². The van der Waals surface area contributed by atoms with E-state index >= 15 is 0 Å². The fraction of sp³-hybridized carbons (Fsp3) is 0.633. The van der Waals surface area contributed by atoms with E-state index in [0.29, 0.717) is 18.0 Å². The zero-order valence-corrected chi connectivity index (χ0v) is 28.7. The van der Waals surface area contributed by atoms with E-state index in [0.717, 1.165) is 77.0 Å². The first-order valence-electron chi connectivity index (χ1n) is 15.5. The maximum atomic E-state index is 13.9. The summed E-state index contributed by atoms with van der Waals surface area (Å²) in [6, 6.07) is 2.10. The highest BCUT2D eigenvalue weighted by atomic mass is 35.5. The first-order chi connectivity index (χ1) is 21.6. The van der Waals surface area contributed by atoms with Crippen molar-refractivity contribution in [2.75, 3.05) is 32.2 Å². The number of anilines is 1. The molecule has 3 rings (SSSR count). The van der Waals surface area contributed by atoms with Crippen LogP contribution in [0.15, 0.2) is 17.0 Å². The predicted octanol–water partition coefficient (Wildman–Crippen LogP) is 7.13. The Morgan fingerprint density at radius 2 is 1.27 bits per heavy atom. The lowest BCUT2D eigenvalue weighted by Gasteiger charge is -2.23. The Morgan fingerprint density at radius 1 is 0.800 bits per heavy atom. The van der Waals surface area contributed by atoms with Crippen LogP contribution in [0, 0.1) is 0 Å². The molecule has 1 aromatic heterocycles. The molecule has 2 aromatic rings. The van der Waals surface area contributed by atoms with Crippen LogP contribution in [-0.4, -0.2) is 67.0 Å². The van der Waals surface area contributed by atoms with Crippen molar-refractivity contribution >= 4 is 50.9 Å². The van der Waals surface area contributed by atoms with Crippen molar-refractivity contribution in [1.29, 1.82) is 0 Å². The quantitative estimate of drug-likeness (QED) is 0.132. The molecule has 1 saturated heterocycles.